The molecule has 0 radical (unpaired) electrons. The lowest BCUT2D eigenvalue weighted by atomic mass is 10.2. The number of fused-ring (bicyclic) bond motifs is 3. The first-order chi connectivity index (χ1) is 7.29. The summed E-state index contributed by atoms with van der Waals surface area (Å²) < 4.78 is 0. The van der Waals surface area contributed by atoms with Gasteiger partial charge in [-0.25, -0.2) is 9.97 Å². The van der Waals surface area contributed by atoms with Crippen molar-refractivity contribution < 1.29 is 0 Å². The summed E-state index contributed by atoms with van der Waals surface area (Å²) in [6.45, 7) is 2.05. The summed E-state index contributed by atoms with van der Waals surface area (Å²) in [7, 11) is 0. The van der Waals surface area contributed by atoms with Crippen LogP contribution in [0, 0.1) is 0 Å². The molecule has 0 atom stereocenters. The molecule has 0 aromatic carbocycles. The Morgan fingerprint density at radius 2 is 2.20 bits per heavy atom. The molecule has 15 heavy (non-hydrogen) atoms. The fraction of sp³-hybridized carbons (Fsp3) is 0.455. The van der Waals surface area contributed by atoms with Crippen LogP contribution in [0.15, 0.2) is 0 Å². The molecule has 0 unspecified atom stereocenters. The highest BCUT2D eigenvalue weighted by Crippen LogP contribution is 2.39. The number of halogens is 1. The SMILES string of the molecule is CCc1nc(Cl)c2c3c(sc2n1)CCC3. The third-order valence-electron chi connectivity index (χ3n) is 2.88. The first kappa shape index (κ1) is 9.55. The predicted molar refractivity (Wildman–Crippen MR) is 63.8 cm³/mol. The number of aryl methyl sites for hydroxylation is 3. The fourth-order valence-corrected chi connectivity index (χ4v) is 3.79. The van der Waals surface area contributed by atoms with Gasteiger partial charge in [-0.1, -0.05) is 18.5 Å². The molecule has 78 valence electrons. The third kappa shape index (κ3) is 1.37. The van der Waals surface area contributed by atoms with Crippen LogP contribution in [-0.2, 0) is 19.3 Å². The predicted octanol–water partition coefficient (Wildman–Crippen LogP) is 3.40. The normalized spacial score (nSPS) is 14.8. The molecule has 3 rings (SSSR count). The molecule has 0 saturated carbocycles. The standard InChI is InChI=1S/C11H11ClN2S/c1-2-8-13-10(12)9-6-4-3-5-7(6)15-11(9)14-8/h2-5H2,1H3. The molecule has 0 N–H and O–H groups in total. The molecule has 2 heterocycles. The van der Waals surface area contributed by atoms with Crippen LogP contribution in [0.3, 0.4) is 0 Å². The zero-order valence-corrected chi connectivity index (χ0v) is 10.1. The second-order valence-electron chi connectivity index (χ2n) is 3.82. The van der Waals surface area contributed by atoms with Crippen LogP contribution >= 0.6 is 22.9 Å². The van der Waals surface area contributed by atoms with Crippen molar-refractivity contribution in [3.8, 4) is 0 Å². The Bertz CT molecular complexity index is 533. The van der Waals surface area contributed by atoms with Gasteiger partial charge in [-0.3, -0.25) is 0 Å². The topological polar surface area (TPSA) is 25.8 Å². The van der Waals surface area contributed by atoms with Gasteiger partial charge in [0.15, 0.2) is 0 Å². The smallest absolute Gasteiger partial charge is 0.141 e. The van der Waals surface area contributed by atoms with E-state index < -0.39 is 0 Å². The number of nitrogens with zero attached hydrogens (tertiary/aromatic N) is 2. The van der Waals surface area contributed by atoms with Gasteiger partial charge < -0.3 is 0 Å². The zero-order valence-electron chi connectivity index (χ0n) is 8.51. The maximum absolute atomic E-state index is 6.22. The average molecular weight is 239 g/mol. The zero-order chi connectivity index (χ0) is 10.4. The van der Waals surface area contributed by atoms with Gasteiger partial charge in [0.25, 0.3) is 0 Å². The minimum absolute atomic E-state index is 0.649. The van der Waals surface area contributed by atoms with E-state index in [1.807, 2.05) is 0 Å². The van der Waals surface area contributed by atoms with Gasteiger partial charge in [-0.05, 0) is 24.8 Å². The molecule has 0 aliphatic heterocycles. The summed E-state index contributed by atoms with van der Waals surface area (Å²) in [5, 5.41) is 1.77. The van der Waals surface area contributed by atoms with E-state index in [1.165, 1.54) is 23.3 Å². The van der Waals surface area contributed by atoms with E-state index in [-0.39, 0.29) is 0 Å². The number of thiophene rings is 1. The highest BCUT2D eigenvalue weighted by Gasteiger charge is 2.21. The van der Waals surface area contributed by atoms with Crippen LogP contribution in [-0.4, -0.2) is 9.97 Å². The molecule has 2 nitrogen and oxygen atoms in total. The van der Waals surface area contributed by atoms with E-state index in [0.29, 0.717) is 5.15 Å². The van der Waals surface area contributed by atoms with Crippen LogP contribution in [0.25, 0.3) is 10.2 Å². The van der Waals surface area contributed by atoms with Gasteiger partial charge in [0.1, 0.15) is 15.8 Å². The van der Waals surface area contributed by atoms with Gasteiger partial charge >= 0.3 is 0 Å². The van der Waals surface area contributed by atoms with Crippen LogP contribution < -0.4 is 0 Å². The van der Waals surface area contributed by atoms with Gasteiger partial charge in [0.05, 0.1) is 5.39 Å². The third-order valence-corrected chi connectivity index (χ3v) is 4.34. The van der Waals surface area contributed by atoms with Gasteiger partial charge in [0, 0.05) is 11.3 Å². The Kier molecular flexibility index (Phi) is 2.18. The molecule has 4 heteroatoms. The summed E-state index contributed by atoms with van der Waals surface area (Å²) >= 11 is 8.02. The second-order valence-corrected chi connectivity index (χ2v) is 5.26. The maximum atomic E-state index is 6.22. The Labute approximate surface area is 97.3 Å². The highest BCUT2D eigenvalue weighted by molar-refractivity contribution is 7.19. The van der Waals surface area contributed by atoms with E-state index in [4.69, 9.17) is 11.6 Å². The first-order valence-electron chi connectivity index (χ1n) is 5.26. The summed E-state index contributed by atoms with van der Waals surface area (Å²) in [6.07, 6.45) is 4.43. The van der Waals surface area contributed by atoms with E-state index >= 15 is 0 Å². The maximum Gasteiger partial charge on any atom is 0.141 e. The molecule has 2 aromatic heterocycles. The van der Waals surface area contributed by atoms with Crippen molar-refractivity contribution >= 4 is 33.2 Å². The lowest BCUT2D eigenvalue weighted by Gasteiger charge is -1.99. The summed E-state index contributed by atoms with van der Waals surface area (Å²) in [5.41, 5.74) is 1.41. The quantitative estimate of drug-likeness (QED) is 0.712. The number of hydrogen-bond donors (Lipinski definition) is 0. The Morgan fingerprint density at radius 1 is 1.33 bits per heavy atom. The Morgan fingerprint density at radius 3 is 3.00 bits per heavy atom. The minimum atomic E-state index is 0.649. The van der Waals surface area contributed by atoms with Gasteiger partial charge in [0.2, 0.25) is 0 Å². The van der Waals surface area contributed by atoms with Crippen LogP contribution in [0.4, 0.5) is 0 Å². The number of rotatable bonds is 1. The molecular weight excluding hydrogens is 228 g/mol. The molecule has 0 spiro atoms. The molecule has 1 aliphatic carbocycles. The van der Waals surface area contributed by atoms with E-state index in [9.17, 15) is 0 Å². The van der Waals surface area contributed by atoms with Crippen molar-refractivity contribution in [1.29, 1.82) is 0 Å². The lowest BCUT2D eigenvalue weighted by Crippen LogP contribution is -1.93. The molecule has 0 amide bonds. The van der Waals surface area contributed by atoms with Crippen molar-refractivity contribution in [3.63, 3.8) is 0 Å². The highest BCUT2D eigenvalue weighted by atomic mass is 35.5. The fourth-order valence-electron chi connectivity index (χ4n) is 2.15. The first-order valence-corrected chi connectivity index (χ1v) is 6.45. The molecular formula is C11H11ClN2S. The van der Waals surface area contributed by atoms with Gasteiger partial charge in [-0.15, -0.1) is 11.3 Å². The Hall–Kier alpha value is -0.670. The van der Waals surface area contributed by atoms with E-state index in [0.717, 1.165) is 28.9 Å². The summed E-state index contributed by atoms with van der Waals surface area (Å²) in [5.74, 6) is 0.854. The molecule has 0 bridgehead atoms. The van der Waals surface area contributed by atoms with E-state index in [1.54, 1.807) is 11.3 Å². The summed E-state index contributed by atoms with van der Waals surface area (Å²) in [6, 6.07) is 0. The molecule has 2 aromatic rings. The van der Waals surface area contributed by atoms with Gasteiger partial charge in [-0.2, -0.15) is 0 Å². The average Bonchev–Trinajstić information content (AvgIpc) is 2.75. The minimum Gasteiger partial charge on any atom is -0.222 e. The monoisotopic (exact) mass is 238 g/mol. The van der Waals surface area contributed by atoms with Crippen molar-refractivity contribution in [3.05, 3.63) is 21.4 Å². The van der Waals surface area contributed by atoms with E-state index in [2.05, 4.69) is 16.9 Å². The number of hydrogen-bond acceptors (Lipinski definition) is 3. The lowest BCUT2D eigenvalue weighted by molar-refractivity contribution is 0.915. The van der Waals surface area contributed by atoms with Crippen LogP contribution in [0.2, 0.25) is 5.15 Å². The molecule has 0 saturated heterocycles. The van der Waals surface area contributed by atoms with Crippen LogP contribution in [0.1, 0.15) is 29.6 Å². The molecule has 1 aliphatic rings. The van der Waals surface area contributed by atoms with Crippen molar-refractivity contribution in [2.45, 2.75) is 32.6 Å². The van der Waals surface area contributed by atoms with Crippen molar-refractivity contribution in [2.24, 2.45) is 0 Å². The van der Waals surface area contributed by atoms with Crippen LogP contribution in [0.5, 0.6) is 0 Å². The second kappa shape index (κ2) is 3.42. The van der Waals surface area contributed by atoms with Crippen molar-refractivity contribution in [2.75, 3.05) is 0 Å². The largest absolute Gasteiger partial charge is 0.222 e. The Balaban J connectivity index is 2.34. The summed E-state index contributed by atoms with van der Waals surface area (Å²) in [4.78, 5) is 11.4. The molecule has 0 fully saturated rings. The number of aromatic nitrogens is 2. The van der Waals surface area contributed by atoms with Crippen molar-refractivity contribution in [1.82, 2.24) is 9.97 Å².